The van der Waals surface area contributed by atoms with Gasteiger partial charge in [-0.3, -0.25) is 23.8 Å². The molecule has 0 spiro atoms. The fourth-order valence-corrected chi connectivity index (χ4v) is 6.13. The predicted octanol–water partition coefficient (Wildman–Crippen LogP) is 4.48. The second-order valence-electron chi connectivity index (χ2n) is 12.8. The van der Waals surface area contributed by atoms with Crippen LogP contribution in [0.2, 0.25) is 0 Å². The van der Waals surface area contributed by atoms with Crippen LogP contribution in [0.5, 0.6) is 0 Å². The van der Waals surface area contributed by atoms with Gasteiger partial charge in [0.1, 0.15) is 11.6 Å². The first kappa shape index (κ1) is 29.9. The van der Waals surface area contributed by atoms with Crippen LogP contribution in [0, 0.1) is 12.3 Å². The van der Waals surface area contributed by atoms with Crippen LogP contribution in [-0.2, 0) is 7.05 Å². The molecule has 5 aromatic rings. The molecule has 1 amide bonds. The highest BCUT2D eigenvalue weighted by Crippen LogP contribution is 2.31. The molecule has 2 N–H and O–H groups in total. The van der Waals surface area contributed by atoms with Crippen molar-refractivity contribution < 1.29 is 19.1 Å². The molecule has 1 aliphatic heterocycles. The van der Waals surface area contributed by atoms with Gasteiger partial charge in [0.05, 0.1) is 11.0 Å². The Morgan fingerprint density at radius 2 is 1.82 bits per heavy atom. The smallest absolute Gasteiger partial charge is 0.419 e. The highest BCUT2D eigenvalue weighted by atomic mass is 16.4. The number of rotatable bonds is 6. The van der Waals surface area contributed by atoms with E-state index in [1.165, 1.54) is 16.7 Å². The van der Waals surface area contributed by atoms with Gasteiger partial charge in [-0.25, -0.2) is 24.4 Å². The largest absolute Gasteiger partial charge is 0.465 e. The fourth-order valence-electron chi connectivity index (χ4n) is 6.13. The lowest BCUT2D eigenvalue weighted by Crippen LogP contribution is -2.39. The van der Waals surface area contributed by atoms with Crippen molar-refractivity contribution >= 4 is 45.8 Å². The number of carbonyl (C=O) groups excluding carboxylic acids is 1. The molecule has 0 aliphatic carbocycles. The summed E-state index contributed by atoms with van der Waals surface area (Å²) in [4.78, 5) is 66.4. The first-order chi connectivity index (χ1) is 21.3. The number of aromatic nitrogens is 5. The van der Waals surface area contributed by atoms with Gasteiger partial charge in [-0.15, -0.1) is 0 Å². The van der Waals surface area contributed by atoms with Gasteiger partial charge in [-0.2, -0.15) is 0 Å². The number of carboxylic acid groups (broad SMARTS) is 1. The summed E-state index contributed by atoms with van der Waals surface area (Å²) in [7, 11) is 1.61. The van der Waals surface area contributed by atoms with Crippen LogP contribution in [-0.4, -0.2) is 60.7 Å². The summed E-state index contributed by atoms with van der Waals surface area (Å²) in [6, 6.07) is 10.0. The van der Waals surface area contributed by atoms with Crippen LogP contribution in [0.1, 0.15) is 61.1 Å². The number of oxazole rings is 1. The molecule has 0 atom stereocenters. The predicted molar refractivity (Wildman–Crippen MR) is 170 cm³/mol. The number of aromatic amines is 1. The topological polar surface area (TPSA) is 160 Å². The molecule has 0 radical (unpaired) electrons. The Kier molecular flexibility index (Phi) is 7.34. The van der Waals surface area contributed by atoms with Gasteiger partial charge in [0.15, 0.2) is 17.0 Å². The molecule has 0 bridgehead atoms. The summed E-state index contributed by atoms with van der Waals surface area (Å²) >= 11 is 0. The maximum absolute atomic E-state index is 14.0. The third-order valence-corrected chi connectivity index (χ3v) is 8.18. The van der Waals surface area contributed by atoms with Gasteiger partial charge in [-0.05, 0) is 67.1 Å². The molecule has 13 nitrogen and oxygen atoms in total. The Morgan fingerprint density at radius 3 is 2.51 bits per heavy atom. The highest BCUT2D eigenvalue weighted by molar-refractivity contribution is 6.11. The van der Waals surface area contributed by atoms with Crippen LogP contribution in [0.25, 0.3) is 22.3 Å². The van der Waals surface area contributed by atoms with E-state index in [1.54, 1.807) is 42.9 Å². The van der Waals surface area contributed by atoms with E-state index in [4.69, 9.17) is 9.40 Å². The minimum Gasteiger partial charge on any atom is -0.465 e. The number of imidazole rings is 1. The maximum Gasteiger partial charge on any atom is 0.419 e. The molecule has 234 valence electrons. The molecule has 5 heterocycles. The van der Waals surface area contributed by atoms with Crippen molar-refractivity contribution in [2.24, 2.45) is 12.5 Å². The molecule has 1 aliphatic rings. The van der Waals surface area contributed by atoms with Crippen molar-refractivity contribution in [3.05, 3.63) is 80.3 Å². The number of nitrogens with one attached hydrogen (secondary N) is 1. The number of hydrogen-bond acceptors (Lipinski definition) is 8. The number of aryl methyl sites for hydroxylation is 2. The lowest BCUT2D eigenvalue weighted by Gasteiger charge is -2.34. The van der Waals surface area contributed by atoms with Crippen LogP contribution < -0.4 is 21.2 Å². The molecule has 1 fully saturated rings. The monoisotopic (exact) mass is 613 g/mol. The standard InChI is InChI=1S/C32H35N7O6/c1-18-13-19(14-23-26(18)36(5)31(44)45-23)27(40)20-15-24(34-25(16-20)38(30(42)43)17-32(2,3)4)37-11-8-21(9-12-37)39-22-7-6-10-33-28(22)35-29(39)41/h6-7,10,13-16,21H,8-9,11-12,17H2,1-5H3,(H,42,43)(H,33,35,41). The van der Waals surface area contributed by atoms with Gasteiger partial charge in [0, 0.05) is 50.0 Å². The zero-order valence-electron chi connectivity index (χ0n) is 25.8. The summed E-state index contributed by atoms with van der Waals surface area (Å²) in [5.74, 6) is -0.278. The highest BCUT2D eigenvalue weighted by Gasteiger charge is 2.29. The Morgan fingerprint density at radius 1 is 1.11 bits per heavy atom. The molecule has 0 unspecified atom stereocenters. The van der Waals surface area contributed by atoms with Crippen LogP contribution in [0.4, 0.5) is 16.4 Å². The number of pyridine rings is 2. The van der Waals surface area contributed by atoms with Crippen molar-refractivity contribution in [2.75, 3.05) is 29.4 Å². The number of anilines is 2. The molecule has 0 saturated carbocycles. The number of H-pyrrole nitrogens is 1. The van der Waals surface area contributed by atoms with E-state index in [2.05, 4.69) is 9.97 Å². The number of benzene rings is 1. The van der Waals surface area contributed by atoms with E-state index in [1.807, 2.05) is 31.7 Å². The number of fused-ring (bicyclic) bond motifs is 2. The summed E-state index contributed by atoms with van der Waals surface area (Å²) in [6.07, 6.45) is 1.72. The van der Waals surface area contributed by atoms with Crippen molar-refractivity contribution in [3.63, 3.8) is 0 Å². The van der Waals surface area contributed by atoms with Crippen molar-refractivity contribution in [2.45, 2.75) is 46.6 Å². The van der Waals surface area contributed by atoms with E-state index < -0.39 is 11.8 Å². The second kappa shape index (κ2) is 11.1. The Bertz CT molecular complexity index is 2070. The van der Waals surface area contributed by atoms with Crippen molar-refractivity contribution in [1.82, 2.24) is 24.1 Å². The number of piperidine rings is 1. The number of hydrogen-bond donors (Lipinski definition) is 2. The second-order valence-corrected chi connectivity index (χ2v) is 12.8. The molecular weight excluding hydrogens is 578 g/mol. The zero-order valence-corrected chi connectivity index (χ0v) is 25.8. The fraction of sp³-hybridized carbons (Fsp3) is 0.375. The van der Waals surface area contributed by atoms with Gasteiger partial charge in [0.25, 0.3) is 0 Å². The summed E-state index contributed by atoms with van der Waals surface area (Å²) in [5.41, 5.74) is 2.85. The maximum atomic E-state index is 14.0. The first-order valence-electron chi connectivity index (χ1n) is 14.8. The first-order valence-corrected chi connectivity index (χ1v) is 14.8. The van der Waals surface area contributed by atoms with Crippen molar-refractivity contribution in [3.8, 4) is 0 Å². The third kappa shape index (κ3) is 5.61. The molecule has 1 saturated heterocycles. The quantitative estimate of drug-likeness (QED) is 0.263. The molecule has 13 heteroatoms. The molecular formula is C32H35N7O6. The van der Waals surface area contributed by atoms with Gasteiger partial charge in [0.2, 0.25) is 0 Å². The molecule has 45 heavy (non-hydrogen) atoms. The number of nitrogens with zero attached hydrogens (tertiary/aromatic N) is 6. The Hall–Kier alpha value is -5.20. The summed E-state index contributed by atoms with van der Waals surface area (Å²) in [6.45, 7) is 8.80. The van der Waals surface area contributed by atoms with E-state index in [-0.39, 0.29) is 40.9 Å². The zero-order chi connectivity index (χ0) is 32.2. The van der Waals surface area contributed by atoms with Gasteiger partial charge < -0.3 is 14.4 Å². The average molecular weight is 614 g/mol. The molecule has 4 aromatic heterocycles. The van der Waals surface area contributed by atoms with E-state index in [0.717, 1.165) is 10.4 Å². The molecule has 6 rings (SSSR count). The minimum absolute atomic E-state index is 0.0670. The Labute approximate surface area is 257 Å². The number of ketones is 1. The SMILES string of the molecule is Cc1cc(C(=O)c2cc(N3CCC(n4c(=O)[nH]c5ncccc54)CC3)nc(N(CC(C)(C)C)C(=O)O)c2)cc2oc(=O)n(C)c12. The molecule has 1 aromatic carbocycles. The third-order valence-electron chi connectivity index (χ3n) is 8.18. The van der Waals surface area contributed by atoms with E-state index in [0.29, 0.717) is 59.6 Å². The van der Waals surface area contributed by atoms with Gasteiger partial charge in [-0.1, -0.05) is 20.8 Å². The summed E-state index contributed by atoms with van der Waals surface area (Å²) in [5, 5.41) is 10.2. The van der Waals surface area contributed by atoms with Gasteiger partial charge >= 0.3 is 17.5 Å². The van der Waals surface area contributed by atoms with Crippen molar-refractivity contribution in [1.29, 1.82) is 0 Å². The number of amides is 1. The average Bonchev–Trinajstić information content (AvgIpc) is 3.49. The summed E-state index contributed by atoms with van der Waals surface area (Å²) < 4.78 is 8.50. The van der Waals surface area contributed by atoms with Crippen LogP contribution >= 0.6 is 0 Å². The Balaban J connectivity index is 1.37. The number of carbonyl (C=O) groups is 2. The van der Waals surface area contributed by atoms with Crippen LogP contribution in [0.15, 0.2) is 56.6 Å². The van der Waals surface area contributed by atoms with E-state index >= 15 is 0 Å². The lowest BCUT2D eigenvalue weighted by molar-refractivity contribution is 0.103. The van der Waals surface area contributed by atoms with E-state index in [9.17, 15) is 24.3 Å². The normalized spacial score (nSPS) is 14.4. The minimum atomic E-state index is -1.18. The lowest BCUT2D eigenvalue weighted by atomic mass is 9.96. The van der Waals surface area contributed by atoms with Crippen LogP contribution in [0.3, 0.4) is 0 Å².